The number of rotatable bonds is 7. The summed E-state index contributed by atoms with van der Waals surface area (Å²) in [5.74, 6) is 0. The first-order chi connectivity index (χ1) is 8.97. The maximum Gasteiger partial charge on any atom is 0.242 e. The van der Waals surface area contributed by atoms with Crippen LogP contribution in [0, 0.1) is 0 Å². The van der Waals surface area contributed by atoms with Crippen LogP contribution in [0.4, 0.5) is 0 Å². The maximum atomic E-state index is 12.2. The summed E-state index contributed by atoms with van der Waals surface area (Å²) in [4.78, 5) is 0.281. The Balaban J connectivity index is 2.15. The second-order valence-electron chi connectivity index (χ2n) is 4.91. The van der Waals surface area contributed by atoms with E-state index in [1.807, 2.05) is 11.5 Å². The minimum Gasteiger partial charge on any atom is -0.380 e. The third-order valence-electron chi connectivity index (χ3n) is 3.33. The van der Waals surface area contributed by atoms with E-state index in [4.69, 9.17) is 10.5 Å². The van der Waals surface area contributed by atoms with Crippen molar-refractivity contribution < 1.29 is 13.2 Å². The van der Waals surface area contributed by atoms with Crippen molar-refractivity contribution in [2.45, 2.75) is 43.4 Å². The van der Waals surface area contributed by atoms with Crippen LogP contribution in [-0.4, -0.2) is 32.7 Å². The fraction of sp³-hybridized carbons (Fsp3) is 0.667. The molecule has 2 rings (SSSR count). The first kappa shape index (κ1) is 14.5. The lowest BCUT2D eigenvalue weighted by Crippen LogP contribution is -2.31. The van der Waals surface area contributed by atoms with Gasteiger partial charge < -0.3 is 15.0 Å². The molecule has 1 atom stereocenters. The van der Waals surface area contributed by atoms with E-state index >= 15 is 0 Å². The van der Waals surface area contributed by atoms with Crippen LogP contribution in [-0.2, 0) is 21.3 Å². The van der Waals surface area contributed by atoms with Gasteiger partial charge in [0.1, 0.15) is 0 Å². The van der Waals surface area contributed by atoms with Crippen molar-refractivity contribution in [1.82, 2.24) is 9.29 Å². The molecule has 1 unspecified atom stereocenters. The van der Waals surface area contributed by atoms with Gasteiger partial charge in [0.2, 0.25) is 10.0 Å². The number of ether oxygens (including phenoxy) is 1. The number of hydrogen-bond donors (Lipinski definition) is 2. The van der Waals surface area contributed by atoms with Crippen LogP contribution in [0.2, 0.25) is 0 Å². The van der Waals surface area contributed by atoms with Gasteiger partial charge in [-0.2, -0.15) is 0 Å². The van der Waals surface area contributed by atoms with Gasteiger partial charge in [0, 0.05) is 38.1 Å². The SMILES string of the molecule is COC(C)CNS(=O)(=O)c1cc(CN)n(C2CC2)c1. The zero-order valence-electron chi connectivity index (χ0n) is 11.3. The Bertz CT molecular complexity index is 534. The van der Waals surface area contributed by atoms with Crippen LogP contribution < -0.4 is 10.5 Å². The van der Waals surface area contributed by atoms with Gasteiger partial charge in [-0.3, -0.25) is 0 Å². The van der Waals surface area contributed by atoms with E-state index in [0.29, 0.717) is 12.6 Å². The fourth-order valence-corrected chi connectivity index (χ4v) is 3.06. The zero-order chi connectivity index (χ0) is 14.0. The molecule has 108 valence electrons. The van der Waals surface area contributed by atoms with Gasteiger partial charge in [-0.05, 0) is 25.8 Å². The van der Waals surface area contributed by atoms with Gasteiger partial charge in [0.25, 0.3) is 0 Å². The standard InChI is InChI=1S/C12H21N3O3S/c1-9(18-2)7-14-19(16,17)12-5-11(6-13)15(8-12)10-3-4-10/h5,8-10,14H,3-4,6-7,13H2,1-2H3. The summed E-state index contributed by atoms with van der Waals surface area (Å²) in [6.45, 7) is 2.41. The molecule has 1 aliphatic carbocycles. The highest BCUT2D eigenvalue weighted by Crippen LogP contribution is 2.37. The highest BCUT2D eigenvalue weighted by molar-refractivity contribution is 7.89. The quantitative estimate of drug-likeness (QED) is 0.768. The summed E-state index contributed by atoms with van der Waals surface area (Å²) in [5, 5.41) is 0. The Hall–Kier alpha value is -0.890. The van der Waals surface area contributed by atoms with Gasteiger partial charge >= 0.3 is 0 Å². The molecule has 0 saturated heterocycles. The van der Waals surface area contributed by atoms with Crippen molar-refractivity contribution in [2.24, 2.45) is 5.73 Å². The summed E-state index contributed by atoms with van der Waals surface area (Å²) in [5.41, 5.74) is 6.52. The number of hydrogen-bond acceptors (Lipinski definition) is 4. The summed E-state index contributed by atoms with van der Waals surface area (Å²) >= 11 is 0. The largest absolute Gasteiger partial charge is 0.380 e. The number of methoxy groups -OCH3 is 1. The molecule has 3 N–H and O–H groups in total. The molecule has 1 aromatic heterocycles. The van der Waals surface area contributed by atoms with Crippen LogP contribution in [0.1, 0.15) is 31.5 Å². The van der Waals surface area contributed by atoms with E-state index in [1.165, 1.54) is 0 Å². The molecule has 0 bridgehead atoms. The second-order valence-corrected chi connectivity index (χ2v) is 6.67. The van der Waals surface area contributed by atoms with Crippen molar-refractivity contribution in [3.05, 3.63) is 18.0 Å². The van der Waals surface area contributed by atoms with Crippen LogP contribution in [0.3, 0.4) is 0 Å². The molecule has 0 spiro atoms. The molecule has 19 heavy (non-hydrogen) atoms. The van der Waals surface area contributed by atoms with Gasteiger partial charge in [-0.25, -0.2) is 13.1 Å². The van der Waals surface area contributed by atoms with Crippen molar-refractivity contribution in [3.8, 4) is 0 Å². The number of nitrogens with one attached hydrogen (secondary N) is 1. The number of nitrogens with zero attached hydrogens (tertiary/aromatic N) is 1. The van der Waals surface area contributed by atoms with Crippen molar-refractivity contribution >= 4 is 10.0 Å². The lowest BCUT2D eigenvalue weighted by atomic mass is 10.4. The molecule has 0 aliphatic heterocycles. The molecule has 1 heterocycles. The van der Waals surface area contributed by atoms with Gasteiger partial charge in [-0.1, -0.05) is 0 Å². The molecule has 1 aromatic rings. The molecular formula is C12H21N3O3S. The molecule has 0 amide bonds. The van der Waals surface area contributed by atoms with Crippen LogP contribution >= 0.6 is 0 Å². The van der Waals surface area contributed by atoms with Crippen molar-refractivity contribution in [3.63, 3.8) is 0 Å². The average molecular weight is 287 g/mol. The van der Waals surface area contributed by atoms with Crippen molar-refractivity contribution in [2.75, 3.05) is 13.7 Å². The lowest BCUT2D eigenvalue weighted by molar-refractivity contribution is 0.122. The third-order valence-corrected chi connectivity index (χ3v) is 4.72. The first-order valence-electron chi connectivity index (χ1n) is 6.41. The van der Waals surface area contributed by atoms with E-state index in [-0.39, 0.29) is 17.5 Å². The molecule has 7 heteroatoms. The Morgan fingerprint density at radius 1 is 1.58 bits per heavy atom. The summed E-state index contributed by atoms with van der Waals surface area (Å²) in [6.07, 6.45) is 3.71. The van der Waals surface area contributed by atoms with E-state index in [9.17, 15) is 8.42 Å². The highest BCUT2D eigenvalue weighted by Gasteiger charge is 2.27. The topological polar surface area (TPSA) is 86.3 Å². The normalized spacial score (nSPS) is 17.6. The van der Waals surface area contributed by atoms with Gasteiger partial charge in [0.05, 0.1) is 11.0 Å². The van der Waals surface area contributed by atoms with Crippen LogP contribution in [0.15, 0.2) is 17.2 Å². The predicted molar refractivity (Wildman–Crippen MR) is 72.3 cm³/mol. The monoisotopic (exact) mass is 287 g/mol. The summed E-state index contributed by atoms with van der Waals surface area (Å²) < 4.78 is 33.9. The molecule has 0 radical (unpaired) electrons. The van der Waals surface area contributed by atoms with Gasteiger partial charge in [-0.15, -0.1) is 0 Å². The first-order valence-corrected chi connectivity index (χ1v) is 7.89. The zero-order valence-corrected chi connectivity index (χ0v) is 12.1. The van der Waals surface area contributed by atoms with E-state index in [2.05, 4.69) is 4.72 Å². The molecule has 6 nitrogen and oxygen atoms in total. The minimum absolute atomic E-state index is 0.158. The van der Waals surface area contributed by atoms with Gasteiger partial charge in [0.15, 0.2) is 0 Å². The number of aromatic nitrogens is 1. The smallest absolute Gasteiger partial charge is 0.242 e. The highest BCUT2D eigenvalue weighted by atomic mass is 32.2. The predicted octanol–water partition coefficient (Wildman–Crippen LogP) is 0.595. The van der Waals surface area contributed by atoms with E-state index < -0.39 is 10.0 Å². The Morgan fingerprint density at radius 2 is 2.26 bits per heavy atom. The minimum atomic E-state index is -3.49. The molecular weight excluding hydrogens is 266 g/mol. The van der Waals surface area contributed by atoms with E-state index in [1.54, 1.807) is 19.4 Å². The van der Waals surface area contributed by atoms with Crippen LogP contribution in [0.5, 0.6) is 0 Å². The number of nitrogens with two attached hydrogens (primary N) is 1. The number of sulfonamides is 1. The third kappa shape index (κ3) is 3.36. The molecule has 1 aliphatic rings. The molecule has 0 aromatic carbocycles. The summed E-state index contributed by atoms with van der Waals surface area (Å²) in [6, 6.07) is 2.07. The Labute approximate surface area is 114 Å². The van der Waals surface area contributed by atoms with Crippen molar-refractivity contribution in [1.29, 1.82) is 0 Å². The van der Waals surface area contributed by atoms with Crippen LogP contribution in [0.25, 0.3) is 0 Å². The Morgan fingerprint density at radius 3 is 2.79 bits per heavy atom. The molecule has 1 saturated carbocycles. The fourth-order valence-electron chi connectivity index (χ4n) is 1.89. The second kappa shape index (κ2) is 5.62. The summed E-state index contributed by atoms with van der Waals surface area (Å²) in [7, 11) is -1.94. The maximum absolute atomic E-state index is 12.2. The Kier molecular flexibility index (Phi) is 4.29. The molecule has 1 fully saturated rings. The van der Waals surface area contributed by atoms with E-state index in [0.717, 1.165) is 18.5 Å². The average Bonchev–Trinajstić information content (AvgIpc) is 3.14. The lowest BCUT2D eigenvalue weighted by Gasteiger charge is -2.10.